The lowest BCUT2D eigenvalue weighted by molar-refractivity contribution is -0.151. The molecule has 1 aliphatic rings. The monoisotopic (exact) mass is 244 g/mol. The minimum atomic E-state index is -0.839. The fraction of sp³-hybridized carbons (Fsp3) is 0.917. The molecular formula is C12H24N2O3. The van der Waals surface area contributed by atoms with Crippen LogP contribution in [-0.2, 0) is 9.53 Å². The standard InChI is InChI=1S/C12H24N2O3/c1-5-14(12(2,3)11(15)16)9-10-8-13(4)6-7-17-10/h10H,5-9H2,1-4H3,(H,15,16). The Morgan fingerprint density at radius 2 is 2.24 bits per heavy atom. The van der Waals surface area contributed by atoms with Crippen molar-refractivity contribution in [1.29, 1.82) is 0 Å². The number of carboxylic acids is 1. The summed E-state index contributed by atoms with van der Waals surface area (Å²) in [5.41, 5.74) is -0.839. The fourth-order valence-corrected chi connectivity index (χ4v) is 2.11. The van der Waals surface area contributed by atoms with Crippen LogP contribution in [0.25, 0.3) is 0 Å². The van der Waals surface area contributed by atoms with Crippen LogP contribution >= 0.6 is 0 Å². The van der Waals surface area contributed by atoms with Crippen molar-refractivity contribution < 1.29 is 14.6 Å². The highest BCUT2D eigenvalue weighted by Crippen LogP contribution is 2.16. The minimum absolute atomic E-state index is 0.104. The summed E-state index contributed by atoms with van der Waals surface area (Å²) in [6.07, 6.45) is 0.104. The van der Waals surface area contributed by atoms with Crippen molar-refractivity contribution in [2.75, 3.05) is 39.8 Å². The first kappa shape index (κ1) is 14.4. The lowest BCUT2D eigenvalue weighted by Gasteiger charge is -2.39. The van der Waals surface area contributed by atoms with Crippen LogP contribution in [0.4, 0.5) is 0 Å². The molecule has 100 valence electrons. The number of carbonyl (C=O) groups is 1. The molecule has 1 aliphatic heterocycles. The lowest BCUT2D eigenvalue weighted by atomic mass is 10.0. The number of likely N-dealkylation sites (N-methyl/N-ethyl adjacent to an activating group) is 2. The maximum Gasteiger partial charge on any atom is 0.323 e. The number of rotatable bonds is 5. The van der Waals surface area contributed by atoms with Crippen LogP contribution in [0.1, 0.15) is 20.8 Å². The molecule has 17 heavy (non-hydrogen) atoms. The molecule has 0 saturated carbocycles. The van der Waals surface area contributed by atoms with Gasteiger partial charge in [-0.15, -0.1) is 0 Å². The van der Waals surface area contributed by atoms with Crippen LogP contribution in [0.3, 0.4) is 0 Å². The maximum atomic E-state index is 11.2. The van der Waals surface area contributed by atoms with Crippen molar-refractivity contribution in [3.05, 3.63) is 0 Å². The van der Waals surface area contributed by atoms with Crippen LogP contribution < -0.4 is 0 Å². The highest BCUT2D eigenvalue weighted by molar-refractivity contribution is 5.77. The number of ether oxygens (including phenoxy) is 1. The summed E-state index contributed by atoms with van der Waals surface area (Å²) in [6.45, 7) is 9.39. The van der Waals surface area contributed by atoms with Crippen LogP contribution in [-0.4, -0.2) is 72.4 Å². The number of carboxylic acid groups (broad SMARTS) is 1. The summed E-state index contributed by atoms with van der Waals surface area (Å²) in [5, 5.41) is 9.23. The molecular weight excluding hydrogens is 220 g/mol. The van der Waals surface area contributed by atoms with Crippen molar-refractivity contribution in [2.45, 2.75) is 32.4 Å². The van der Waals surface area contributed by atoms with E-state index in [-0.39, 0.29) is 6.10 Å². The van der Waals surface area contributed by atoms with Gasteiger partial charge in [-0.1, -0.05) is 6.92 Å². The van der Waals surface area contributed by atoms with Crippen molar-refractivity contribution >= 4 is 5.97 Å². The van der Waals surface area contributed by atoms with Gasteiger partial charge in [0, 0.05) is 19.6 Å². The molecule has 5 nitrogen and oxygen atoms in total. The van der Waals surface area contributed by atoms with Gasteiger partial charge in [0.2, 0.25) is 0 Å². The van der Waals surface area contributed by atoms with Gasteiger partial charge >= 0.3 is 5.97 Å². The third kappa shape index (κ3) is 3.66. The first-order chi connectivity index (χ1) is 7.87. The Balaban J connectivity index is 2.60. The molecule has 1 rings (SSSR count). The van der Waals surface area contributed by atoms with Gasteiger partial charge in [-0.25, -0.2) is 0 Å². The summed E-state index contributed by atoms with van der Waals surface area (Å²) in [7, 11) is 2.06. The average molecular weight is 244 g/mol. The summed E-state index contributed by atoms with van der Waals surface area (Å²) in [5.74, 6) is -0.788. The number of nitrogens with zero attached hydrogens (tertiary/aromatic N) is 2. The molecule has 1 N–H and O–H groups in total. The minimum Gasteiger partial charge on any atom is -0.480 e. The molecule has 0 aromatic rings. The third-order valence-electron chi connectivity index (χ3n) is 3.46. The van der Waals surface area contributed by atoms with Gasteiger partial charge in [0.05, 0.1) is 12.7 Å². The molecule has 0 spiro atoms. The van der Waals surface area contributed by atoms with Crippen LogP contribution in [0.2, 0.25) is 0 Å². The largest absolute Gasteiger partial charge is 0.480 e. The van der Waals surface area contributed by atoms with Crippen molar-refractivity contribution in [3.8, 4) is 0 Å². The molecule has 0 aliphatic carbocycles. The molecule has 0 aromatic heterocycles. The van der Waals surface area contributed by atoms with E-state index < -0.39 is 11.5 Å². The first-order valence-corrected chi connectivity index (χ1v) is 6.16. The number of hydrogen-bond donors (Lipinski definition) is 1. The van der Waals surface area contributed by atoms with Gasteiger partial charge in [-0.3, -0.25) is 9.69 Å². The molecule has 1 unspecified atom stereocenters. The van der Waals surface area contributed by atoms with Gasteiger partial charge in [0.1, 0.15) is 5.54 Å². The van der Waals surface area contributed by atoms with E-state index in [1.54, 1.807) is 13.8 Å². The predicted molar refractivity (Wildman–Crippen MR) is 66.2 cm³/mol. The van der Waals surface area contributed by atoms with E-state index in [0.717, 1.165) is 19.7 Å². The molecule has 0 bridgehead atoms. The topological polar surface area (TPSA) is 53.0 Å². The molecule has 1 atom stereocenters. The molecule has 0 amide bonds. The van der Waals surface area contributed by atoms with E-state index in [2.05, 4.69) is 11.9 Å². The van der Waals surface area contributed by atoms with Crippen LogP contribution in [0.15, 0.2) is 0 Å². The van der Waals surface area contributed by atoms with E-state index in [4.69, 9.17) is 4.74 Å². The van der Waals surface area contributed by atoms with Crippen LogP contribution in [0.5, 0.6) is 0 Å². The summed E-state index contributed by atoms with van der Waals surface area (Å²) in [6, 6.07) is 0. The zero-order valence-corrected chi connectivity index (χ0v) is 11.3. The van der Waals surface area contributed by atoms with E-state index >= 15 is 0 Å². The van der Waals surface area contributed by atoms with Gasteiger partial charge in [0.25, 0.3) is 0 Å². The SMILES string of the molecule is CCN(CC1CN(C)CCO1)C(C)(C)C(=O)O. The summed E-state index contributed by atoms with van der Waals surface area (Å²) >= 11 is 0. The van der Waals surface area contributed by atoms with Gasteiger partial charge in [0.15, 0.2) is 0 Å². The Bertz CT molecular complexity index is 268. The van der Waals surface area contributed by atoms with E-state index in [1.165, 1.54) is 0 Å². The Morgan fingerprint density at radius 3 is 2.71 bits per heavy atom. The Hall–Kier alpha value is -0.650. The van der Waals surface area contributed by atoms with Crippen molar-refractivity contribution in [1.82, 2.24) is 9.80 Å². The molecule has 1 fully saturated rings. The number of morpholine rings is 1. The smallest absolute Gasteiger partial charge is 0.323 e. The quantitative estimate of drug-likeness (QED) is 0.763. The van der Waals surface area contributed by atoms with Crippen molar-refractivity contribution in [3.63, 3.8) is 0 Å². The van der Waals surface area contributed by atoms with E-state index in [9.17, 15) is 9.90 Å². The van der Waals surface area contributed by atoms with Gasteiger partial charge in [-0.05, 0) is 27.4 Å². The number of hydrogen-bond acceptors (Lipinski definition) is 4. The highest BCUT2D eigenvalue weighted by atomic mass is 16.5. The summed E-state index contributed by atoms with van der Waals surface area (Å²) < 4.78 is 5.68. The van der Waals surface area contributed by atoms with Gasteiger partial charge in [-0.2, -0.15) is 0 Å². The zero-order valence-electron chi connectivity index (χ0n) is 11.3. The second-order valence-corrected chi connectivity index (χ2v) is 5.16. The third-order valence-corrected chi connectivity index (χ3v) is 3.46. The van der Waals surface area contributed by atoms with E-state index in [1.807, 2.05) is 11.8 Å². The highest BCUT2D eigenvalue weighted by Gasteiger charge is 2.35. The maximum absolute atomic E-state index is 11.2. The van der Waals surface area contributed by atoms with Gasteiger partial charge < -0.3 is 14.7 Å². The molecule has 5 heteroatoms. The average Bonchev–Trinajstić information content (AvgIpc) is 2.25. The first-order valence-electron chi connectivity index (χ1n) is 6.16. The van der Waals surface area contributed by atoms with Crippen LogP contribution in [0, 0.1) is 0 Å². The second-order valence-electron chi connectivity index (χ2n) is 5.16. The Morgan fingerprint density at radius 1 is 1.59 bits per heavy atom. The number of aliphatic carboxylic acids is 1. The molecule has 0 radical (unpaired) electrons. The van der Waals surface area contributed by atoms with E-state index in [0.29, 0.717) is 13.1 Å². The zero-order chi connectivity index (χ0) is 13.1. The molecule has 1 saturated heterocycles. The normalized spacial score (nSPS) is 23.0. The fourth-order valence-electron chi connectivity index (χ4n) is 2.11. The summed E-state index contributed by atoms with van der Waals surface area (Å²) in [4.78, 5) is 15.4. The molecule has 1 heterocycles. The Kier molecular flexibility index (Phi) is 4.91. The Labute approximate surface area is 103 Å². The lowest BCUT2D eigenvalue weighted by Crippen LogP contribution is -2.55. The molecule has 0 aromatic carbocycles. The predicted octanol–water partition coefficient (Wildman–Crippen LogP) is 0.502. The second kappa shape index (κ2) is 5.80. The van der Waals surface area contributed by atoms with Crippen molar-refractivity contribution in [2.24, 2.45) is 0 Å².